The summed E-state index contributed by atoms with van der Waals surface area (Å²) in [6.07, 6.45) is 5.13. The number of pyridine rings is 1. The van der Waals surface area contributed by atoms with Gasteiger partial charge in [0.25, 0.3) is 5.91 Å². The van der Waals surface area contributed by atoms with Gasteiger partial charge in [0.05, 0.1) is 30.5 Å². The van der Waals surface area contributed by atoms with Gasteiger partial charge >= 0.3 is 0 Å². The molecule has 41 heavy (non-hydrogen) atoms. The second kappa shape index (κ2) is 12.3. The molecule has 0 saturated carbocycles. The molecule has 1 amide bonds. The Morgan fingerprint density at radius 1 is 1.15 bits per heavy atom. The molecule has 1 atom stereocenters. The molecular formula is C31H34FN7O2. The Balaban J connectivity index is 1.27. The van der Waals surface area contributed by atoms with Crippen molar-refractivity contribution in [3.05, 3.63) is 83.6 Å². The lowest BCUT2D eigenvalue weighted by molar-refractivity contribution is 0.0336. The zero-order valence-electron chi connectivity index (χ0n) is 23.1. The number of benzene rings is 2. The van der Waals surface area contributed by atoms with Gasteiger partial charge in [0.15, 0.2) is 0 Å². The number of hydrogen-bond donors (Lipinski definition) is 2. The van der Waals surface area contributed by atoms with Crippen LogP contribution in [0.5, 0.6) is 0 Å². The molecule has 0 aliphatic carbocycles. The van der Waals surface area contributed by atoms with Gasteiger partial charge in [-0.1, -0.05) is 18.2 Å². The maximum atomic E-state index is 15.6. The molecule has 2 aromatic heterocycles. The van der Waals surface area contributed by atoms with Crippen LogP contribution in [-0.2, 0) is 11.3 Å². The van der Waals surface area contributed by atoms with Gasteiger partial charge in [-0.05, 0) is 67.6 Å². The summed E-state index contributed by atoms with van der Waals surface area (Å²) in [6, 6.07) is 14.2. The Kier molecular flexibility index (Phi) is 8.13. The van der Waals surface area contributed by atoms with E-state index in [1.807, 2.05) is 37.3 Å². The van der Waals surface area contributed by atoms with E-state index in [9.17, 15) is 4.79 Å². The molecule has 2 N–H and O–H groups in total. The van der Waals surface area contributed by atoms with E-state index >= 15 is 4.39 Å². The third kappa shape index (κ3) is 6.04. The molecule has 2 aliphatic heterocycles. The first-order valence-corrected chi connectivity index (χ1v) is 14.1. The molecule has 6 rings (SSSR count). The second-order valence-corrected chi connectivity index (χ2v) is 10.6. The summed E-state index contributed by atoms with van der Waals surface area (Å²) < 4.78 is 21.1. The van der Waals surface area contributed by atoms with Crippen molar-refractivity contribution in [3.63, 3.8) is 0 Å². The molecule has 0 unspecified atom stereocenters. The zero-order valence-corrected chi connectivity index (χ0v) is 23.1. The molecule has 9 nitrogen and oxygen atoms in total. The quantitative estimate of drug-likeness (QED) is 0.346. The number of nitrogens with zero attached hydrogens (tertiary/aromatic N) is 5. The average Bonchev–Trinajstić information content (AvgIpc) is 2.99. The number of aryl methyl sites for hydroxylation is 1. The lowest BCUT2D eigenvalue weighted by Gasteiger charge is -2.35. The number of aromatic nitrogens is 3. The summed E-state index contributed by atoms with van der Waals surface area (Å²) in [4.78, 5) is 31.6. The number of carbonyl (C=O) groups excluding carboxylic acids is 1. The Hall–Kier alpha value is -3.99. The molecule has 0 spiro atoms. The first kappa shape index (κ1) is 27.2. The fraction of sp³-hybridized carbons (Fsp3) is 0.355. The molecule has 2 fully saturated rings. The minimum Gasteiger partial charge on any atom is -0.379 e. The number of nitrogens with one attached hydrogen (secondary N) is 2. The topological polar surface area (TPSA) is 95.5 Å². The van der Waals surface area contributed by atoms with Crippen LogP contribution in [0.2, 0.25) is 0 Å². The number of amides is 1. The van der Waals surface area contributed by atoms with Gasteiger partial charge in [-0.3, -0.25) is 14.6 Å². The van der Waals surface area contributed by atoms with Crippen LogP contribution in [0.3, 0.4) is 0 Å². The van der Waals surface area contributed by atoms with Crippen LogP contribution in [0.4, 0.5) is 21.8 Å². The maximum Gasteiger partial charge on any atom is 0.262 e. The highest BCUT2D eigenvalue weighted by Gasteiger charge is 2.31. The number of piperidine rings is 1. The lowest BCUT2D eigenvalue weighted by Crippen LogP contribution is -2.49. The Labute approximate surface area is 238 Å². The molecule has 0 radical (unpaired) electrons. The number of fused-ring (bicyclic) bond motifs is 1. The van der Waals surface area contributed by atoms with Crippen molar-refractivity contribution in [1.82, 2.24) is 25.2 Å². The third-order valence-corrected chi connectivity index (χ3v) is 7.72. The van der Waals surface area contributed by atoms with Crippen LogP contribution < -0.4 is 15.5 Å². The first-order valence-electron chi connectivity index (χ1n) is 14.1. The van der Waals surface area contributed by atoms with Crippen LogP contribution in [0.1, 0.15) is 34.5 Å². The predicted octanol–water partition coefficient (Wildman–Crippen LogP) is 4.45. The van der Waals surface area contributed by atoms with E-state index < -0.39 is 11.7 Å². The van der Waals surface area contributed by atoms with E-state index in [1.54, 1.807) is 23.4 Å². The van der Waals surface area contributed by atoms with E-state index in [0.29, 0.717) is 43.8 Å². The molecule has 10 heteroatoms. The third-order valence-electron chi connectivity index (χ3n) is 7.72. The summed E-state index contributed by atoms with van der Waals surface area (Å²) in [6.45, 7) is 7.35. The van der Waals surface area contributed by atoms with E-state index in [1.165, 1.54) is 12.1 Å². The number of halogens is 1. The van der Waals surface area contributed by atoms with E-state index in [2.05, 4.69) is 30.5 Å². The monoisotopic (exact) mass is 555 g/mol. The van der Waals surface area contributed by atoms with Crippen molar-refractivity contribution in [2.45, 2.75) is 32.4 Å². The fourth-order valence-electron chi connectivity index (χ4n) is 5.62. The molecule has 2 aromatic carbocycles. The van der Waals surface area contributed by atoms with Gasteiger partial charge in [0.2, 0.25) is 5.95 Å². The van der Waals surface area contributed by atoms with Gasteiger partial charge in [-0.2, -0.15) is 0 Å². The zero-order chi connectivity index (χ0) is 28.2. The van der Waals surface area contributed by atoms with Gasteiger partial charge in [-0.25, -0.2) is 19.3 Å². The number of rotatable bonds is 7. The second-order valence-electron chi connectivity index (χ2n) is 10.6. The molecule has 2 aliphatic rings. The lowest BCUT2D eigenvalue weighted by atomic mass is 10.0. The van der Waals surface area contributed by atoms with Gasteiger partial charge in [0.1, 0.15) is 11.6 Å². The first-order chi connectivity index (χ1) is 20.1. The van der Waals surface area contributed by atoms with Crippen molar-refractivity contribution in [2.24, 2.45) is 0 Å². The van der Waals surface area contributed by atoms with Crippen molar-refractivity contribution < 1.29 is 13.9 Å². The average molecular weight is 556 g/mol. The van der Waals surface area contributed by atoms with Crippen molar-refractivity contribution in [2.75, 3.05) is 49.6 Å². The highest BCUT2D eigenvalue weighted by Crippen LogP contribution is 2.32. The highest BCUT2D eigenvalue weighted by molar-refractivity contribution is 6.11. The SMILES string of the molecule is Cc1cccc2ccnc(N(C(=O)c3ccc(Nc4nccc(CN5CCOCC5)n4)cc3F)[C@@H]3CCCNC3)c12. The minimum absolute atomic E-state index is 0.00417. The highest BCUT2D eigenvalue weighted by atomic mass is 19.1. The number of carbonyl (C=O) groups is 1. The smallest absolute Gasteiger partial charge is 0.262 e. The van der Waals surface area contributed by atoms with Crippen LogP contribution in [-0.4, -0.2) is 71.2 Å². The van der Waals surface area contributed by atoms with E-state index in [-0.39, 0.29) is 11.6 Å². The molecule has 2 saturated heterocycles. The minimum atomic E-state index is -0.616. The van der Waals surface area contributed by atoms with Crippen LogP contribution in [0, 0.1) is 12.7 Å². The summed E-state index contributed by atoms with van der Waals surface area (Å²) in [5.74, 6) is -0.0871. The van der Waals surface area contributed by atoms with Crippen LogP contribution in [0.15, 0.2) is 60.9 Å². The normalized spacial score (nSPS) is 17.9. The molecule has 0 bridgehead atoms. The number of morpholine rings is 1. The van der Waals surface area contributed by atoms with Gasteiger partial charge in [-0.15, -0.1) is 0 Å². The summed E-state index contributed by atoms with van der Waals surface area (Å²) in [5, 5.41) is 8.38. The summed E-state index contributed by atoms with van der Waals surface area (Å²) in [5.41, 5.74) is 2.34. The number of hydrogen-bond acceptors (Lipinski definition) is 8. The van der Waals surface area contributed by atoms with E-state index in [0.717, 1.165) is 54.5 Å². The predicted molar refractivity (Wildman–Crippen MR) is 157 cm³/mol. The van der Waals surface area contributed by atoms with Gasteiger partial charge in [0, 0.05) is 49.6 Å². The molecule has 212 valence electrons. The molecule has 4 aromatic rings. The summed E-state index contributed by atoms with van der Waals surface area (Å²) in [7, 11) is 0. The Morgan fingerprint density at radius 3 is 2.80 bits per heavy atom. The standard InChI is InChI=1S/C31H34FN7O2/c1-21-4-2-5-22-9-12-34-29(28(21)22)39(25-6-3-11-33-19-25)30(40)26-8-7-23(18-27(26)32)36-31-35-13-10-24(37-31)20-38-14-16-41-17-15-38/h2,4-5,7-10,12-13,18,25,33H,3,6,11,14-17,19-20H2,1H3,(H,35,36,37)/t25-/m1/s1. The maximum absolute atomic E-state index is 15.6. The Morgan fingerprint density at radius 2 is 2.00 bits per heavy atom. The van der Waals surface area contributed by atoms with Crippen LogP contribution in [0.25, 0.3) is 10.8 Å². The van der Waals surface area contributed by atoms with Gasteiger partial charge < -0.3 is 15.4 Å². The Bertz CT molecular complexity index is 1530. The number of anilines is 3. The number of ether oxygens (including phenoxy) is 1. The molecular weight excluding hydrogens is 521 g/mol. The van der Waals surface area contributed by atoms with Crippen molar-refractivity contribution in [3.8, 4) is 0 Å². The molecule has 4 heterocycles. The van der Waals surface area contributed by atoms with Crippen molar-refractivity contribution >= 4 is 34.1 Å². The summed E-state index contributed by atoms with van der Waals surface area (Å²) >= 11 is 0. The van der Waals surface area contributed by atoms with Crippen molar-refractivity contribution in [1.29, 1.82) is 0 Å². The largest absolute Gasteiger partial charge is 0.379 e. The van der Waals surface area contributed by atoms with E-state index in [4.69, 9.17) is 4.74 Å². The fourth-order valence-corrected chi connectivity index (χ4v) is 5.62. The van der Waals surface area contributed by atoms with Crippen LogP contribution >= 0.6 is 0 Å².